The van der Waals surface area contributed by atoms with Crippen LogP contribution in [0, 0.1) is 5.92 Å². The molecular formula is C19H25ClN2O. The molecule has 1 aliphatic rings. The number of nitrogens with two attached hydrogens (primary N) is 1. The highest BCUT2D eigenvalue weighted by molar-refractivity contribution is 5.85. The van der Waals surface area contributed by atoms with Crippen LogP contribution in [0.2, 0.25) is 0 Å². The van der Waals surface area contributed by atoms with Gasteiger partial charge in [0.15, 0.2) is 0 Å². The van der Waals surface area contributed by atoms with Crippen LogP contribution in [0.15, 0.2) is 54.6 Å². The summed E-state index contributed by atoms with van der Waals surface area (Å²) >= 11 is 0. The first kappa shape index (κ1) is 17.6. The minimum Gasteiger partial charge on any atom is -0.493 e. The number of halogens is 1. The number of ether oxygens (including phenoxy) is 1. The Hall–Kier alpha value is -1.71. The van der Waals surface area contributed by atoms with Gasteiger partial charge in [-0.1, -0.05) is 30.3 Å². The molecule has 2 N–H and O–H groups in total. The van der Waals surface area contributed by atoms with Crippen molar-refractivity contribution in [2.75, 3.05) is 25.4 Å². The van der Waals surface area contributed by atoms with Gasteiger partial charge >= 0.3 is 0 Å². The topological polar surface area (TPSA) is 38.5 Å². The number of likely N-dealkylation sites (tertiary alicyclic amines) is 1. The van der Waals surface area contributed by atoms with Crippen LogP contribution in [-0.2, 0) is 6.54 Å². The molecule has 3 nitrogen and oxygen atoms in total. The number of nitrogens with zero attached hydrogens (tertiary/aromatic N) is 1. The van der Waals surface area contributed by atoms with Gasteiger partial charge in [-0.25, -0.2) is 0 Å². The summed E-state index contributed by atoms with van der Waals surface area (Å²) in [5, 5.41) is 0. The van der Waals surface area contributed by atoms with Crippen molar-refractivity contribution in [1.29, 1.82) is 0 Å². The van der Waals surface area contributed by atoms with Gasteiger partial charge in [-0.2, -0.15) is 0 Å². The van der Waals surface area contributed by atoms with Gasteiger partial charge in [0.25, 0.3) is 0 Å². The second kappa shape index (κ2) is 8.80. The van der Waals surface area contributed by atoms with Gasteiger partial charge in [-0.05, 0) is 61.7 Å². The first-order valence-electron chi connectivity index (χ1n) is 8.04. The van der Waals surface area contributed by atoms with Gasteiger partial charge in [0.05, 0.1) is 6.61 Å². The van der Waals surface area contributed by atoms with E-state index in [1.54, 1.807) is 0 Å². The number of anilines is 1. The molecule has 23 heavy (non-hydrogen) atoms. The number of hydrogen-bond donors (Lipinski definition) is 1. The van der Waals surface area contributed by atoms with Crippen LogP contribution in [0.1, 0.15) is 18.4 Å². The standard InChI is InChI=1S/C19H24N2O.ClH/c20-18-6-4-5-17(13-18)14-21-11-9-16(10-12-21)15-22-19-7-2-1-3-8-19;/h1-8,13,16H,9-12,14-15,20H2;1H. The highest BCUT2D eigenvalue weighted by atomic mass is 35.5. The Morgan fingerprint density at radius 3 is 2.43 bits per heavy atom. The molecule has 1 aliphatic heterocycles. The molecule has 2 aromatic carbocycles. The molecule has 3 rings (SSSR count). The predicted molar refractivity (Wildman–Crippen MR) is 98.0 cm³/mol. The summed E-state index contributed by atoms with van der Waals surface area (Å²) < 4.78 is 5.88. The highest BCUT2D eigenvalue weighted by Crippen LogP contribution is 2.21. The van der Waals surface area contributed by atoms with E-state index in [2.05, 4.69) is 17.0 Å². The van der Waals surface area contributed by atoms with Gasteiger partial charge in [0.1, 0.15) is 5.75 Å². The third-order valence-corrected chi connectivity index (χ3v) is 4.29. The number of piperidine rings is 1. The molecule has 1 fully saturated rings. The average Bonchev–Trinajstić information content (AvgIpc) is 2.55. The molecule has 0 aliphatic carbocycles. The van der Waals surface area contributed by atoms with E-state index in [9.17, 15) is 0 Å². The molecule has 0 aromatic heterocycles. The molecule has 0 bridgehead atoms. The molecule has 0 atom stereocenters. The number of nitrogen functional groups attached to an aromatic ring is 1. The van der Waals surface area contributed by atoms with Crippen molar-refractivity contribution in [1.82, 2.24) is 4.90 Å². The average molecular weight is 333 g/mol. The summed E-state index contributed by atoms with van der Waals surface area (Å²) in [4.78, 5) is 2.51. The lowest BCUT2D eigenvalue weighted by atomic mass is 9.97. The highest BCUT2D eigenvalue weighted by Gasteiger charge is 2.19. The first-order chi connectivity index (χ1) is 10.8. The zero-order valence-electron chi connectivity index (χ0n) is 13.4. The number of benzene rings is 2. The molecule has 4 heteroatoms. The smallest absolute Gasteiger partial charge is 0.119 e. The molecule has 1 saturated heterocycles. The first-order valence-corrected chi connectivity index (χ1v) is 8.04. The van der Waals surface area contributed by atoms with Crippen LogP contribution in [0.5, 0.6) is 5.75 Å². The van der Waals surface area contributed by atoms with E-state index in [0.717, 1.165) is 37.7 Å². The lowest BCUT2D eigenvalue weighted by Crippen LogP contribution is -2.35. The van der Waals surface area contributed by atoms with E-state index in [0.29, 0.717) is 5.92 Å². The fourth-order valence-corrected chi connectivity index (χ4v) is 2.99. The number of hydrogen-bond acceptors (Lipinski definition) is 3. The normalized spacial score (nSPS) is 15.8. The second-order valence-corrected chi connectivity index (χ2v) is 6.09. The maximum atomic E-state index is 5.88. The third-order valence-electron chi connectivity index (χ3n) is 4.29. The lowest BCUT2D eigenvalue weighted by molar-refractivity contribution is 0.137. The number of rotatable bonds is 5. The summed E-state index contributed by atoms with van der Waals surface area (Å²) in [7, 11) is 0. The molecular weight excluding hydrogens is 308 g/mol. The predicted octanol–water partition coefficient (Wildman–Crippen LogP) is 3.98. The van der Waals surface area contributed by atoms with Crippen LogP contribution in [-0.4, -0.2) is 24.6 Å². The zero-order valence-corrected chi connectivity index (χ0v) is 14.2. The summed E-state index contributed by atoms with van der Waals surface area (Å²) in [5.41, 5.74) is 8.00. The van der Waals surface area contributed by atoms with Crippen LogP contribution in [0.25, 0.3) is 0 Å². The van der Waals surface area contributed by atoms with Crippen molar-refractivity contribution in [3.63, 3.8) is 0 Å². The van der Waals surface area contributed by atoms with Crippen LogP contribution in [0.4, 0.5) is 5.69 Å². The SMILES string of the molecule is Cl.Nc1cccc(CN2CCC(COc3ccccc3)CC2)c1. The molecule has 0 saturated carbocycles. The fraction of sp³-hybridized carbons (Fsp3) is 0.368. The Kier molecular flexibility index (Phi) is 6.75. The Morgan fingerprint density at radius 2 is 1.74 bits per heavy atom. The van der Waals surface area contributed by atoms with E-state index >= 15 is 0 Å². The third kappa shape index (κ3) is 5.45. The van der Waals surface area contributed by atoms with Gasteiger partial charge in [-0.15, -0.1) is 12.4 Å². The Labute approximate surface area is 144 Å². The minimum absolute atomic E-state index is 0. The van der Waals surface area contributed by atoms with E-state index < -0.39 is 0 Å². The maximum Gasteiger partial charge on any atom is 0.119 e. The van der Waals surface area contributed by atoms with Crippen molar-refractivity contribution < 1.29 is 4.74 Å². The van der Waals surface area contributed by atoms with Gasteiger partial charge < -0.3 is 10.5 Å². The molecule has 1 heterocycles. The maximum absolute atomic E-state index is 5.88. The summed E-state index contributed by atoms with van der Waals surface area (Å²) in [6.07, 6.45) is 2.41. The van der Waals surface area contributed by atoms with Crippen molar-refractivity contribution in [2.45, 2.75) is 19.4 Å². The summed E-state index contributed by atoms with van der Waals surface area (Å²) in [5.74, 6) is 1.64. The Balaban J connectivity index is 0.00000192. The summed E-state index contributed by atoms with van der Waals surface area (Å²) in [6, 6.07) is 18.3. The Bertz CT molecular complexity index is 583. The van der Waals surface area contributed by atoms with E-state index in [1.807, 2.05) is 42.5 Å². The largest absolute Gasteiger partial charge is 0.493 e. The second-order valence-electron chi connectivity index (χ2n) is 6.09. The fourth-order valence-electron chi connectivity index (χ4n) is 2.99. The molecule has 124 valence electrons. The van der Waals surface area contributed by atoms with Crippen LogP contribution >= 0.6 is 12.4 Å². The lowest BCUT2D eigenvalue weighted by Gasteiger charge is -2.31. The van der Waals surface area contributed by atoms with Gasteiger partial charge in [0.2, 0.25) is 0 Å². The van der Waals surface area contributed by atoms with Crippen LogP contribution < -0.4 is 10.5 Å². The molecule has 2 aromatic rings. The van der Waals surface area contributed by atoms with Crippen molar-refractivity contribution in [3.8, 4) is 5.75 Å². The molecule has 0 spiro atoms. The van der Waals surface area contributed by atoms with E-state index in [-0.39, 0.29) is 12.4 Å². The number of para-hydroxylation sites is 1. The van der Waals surface area contributed by atoms with E-state index in [1.165, 1.54) is 18.4 Å². The van der Waals surface area contributed by atoms with Gasteiger partial charge in [-0.3, -0.25) is 4.90 Å². The van der Waals surface area contributed by atoms with E-state index in [4.69, 9.17) is 10.5 Å². The van der Waals surface area contributed by atoms with Gasteiger partial charge in [0, 0.05) is 12.2 Å². The summed E-state index contributed by atoms with van der Waals surface area (Å²) in [6.45, 7) is 4.10. The molecule has 0 unspecified atom stereocenters. The minimum atomic E-state index is 0. The molecule has 0 amide bonds. The quantitative estimate of drug-likeness (QED) is 0.842. The van der Waals surface area contributed by atoms with Crippen LogP contribution in [0.3, 0.4) is 0 Å². The Morgan fingerprint density at radius 1 is 1.00 bits per heavy atom. The van der Waals surface area contributed by atoms with Crippen molar-refractivity contribution >= 4 is 18.1 Å². The zero-order chi connectivity index (χ0) is 15.2. The molecule has 0 radical (unpaired) electrons. The van der Waals surface area contributed by atoms with Crippen molar-refractivity contribution in [3.05, 3.63) is 60.2 Å². The monoisotopic (exact) mass is 332 g/mol. The van der Waals surface area contributed by atoms with Crippen molar-refractivity contribution in [2.24, 2.45) is 5.92 Å².